The molecule has 84 valence electrons. The average Bonchev–Trinajstić information content (AvgIpc) is 2.40. The van der Waals surface area contributed by atoms with Gasteiger partial charge < -0.3 is 4.74 Å². The maximum absolute atomic E-state index is 8.67. The number of nitriles is 1. The molecule has 2 aromatic rings. The van der Waals surface area contributed by atoms with Crippen molar-refractivity contribution in [1.82, 2.24) is 4.98 Å². The number of ether oxygens (including phenoxy) is 1. The van der Waals surface area contributed by atoms with E-state index in [0.29, 0.717) is 22.9 Å². The number of rotatable bonds is 3. The van der Waals surface area contributed by atoms with E-state index in [2.05, 4.69) is 11.1 Å². The van der Waals surface area contributed by atoms with E-state index in [9.17, 15) is 0 Å². The molecule has 1 aromatic heterocycles. The van der Waals surface area contributed by atoms with Crippen molar-refractivity contribution in [3.8, 4) is 17.6 Å². The molecule has 0 radical (unpaired) electrons. The highest BCUT2D eigenvalue weighted by Crippen LogP contribution is 2.22. The Bertz CT molecular complexity index is 546. The van der Waals surface area contributed by atoms with Crippen molar-refractivity contribution in [3.05, 3.63) is 53.9 Å². The Morgan fingerprint density at radius 1 is 1.18 bits per heavy atom. The van der Waals surface area contributed by atoms with E-state index >= 15 is 0 Å². The third kappa shape index (κ3) is 2.96. The van der Waals surface area contributed by atoms with Crippen LogP contribution < -0.4 is 4.74 Å². The summed E-state index contributed by atoms with van der Waals surface area (Å²) >= 11 is 5.71. The first-order valence-electron chi connectivity index (χ1n) is 5.00. The van der Waals surface area contributed by atoms with E-state index in [4.69, 9.17) is 21.6 Å². The molecule has 0 saturated heterocycles. The van der Waals surface area contributed by atoms with Crippen LogP contribution in [0.25, 0.3) is 0 Å². The number of pyridine rings is 1. The Balaban J connectivity index is 2.16. The third-order valence-electron chi connectivity index (χ3n) is 2.14. The van der Waals surface area contributed by atoms with Crippen LogP contribution in [0.3, 0.4) is 0 Å². The van der Waals surface area contributed by atoms with Gasteiger partial charge in [-0.25, -0.2) is 0 Å². The summed E-state index contributed by atoms with van der Waals surface area (Å²) in [4.78, 5) is 4.02. The lowest BCUT2D eigenvalue weighted by Gasteiger charge is -2.05. The van der Waals surface area contributed by atoms with Crippen molar-refractivity contribution in [3.63, 3.8) is 0 Å². The molecule has 0 unspecified atom stereocenters. The first-order valence-corrected chi connectivity index (χ1v) is 5.53. The quantitative estimate of drug-likeness (QED) is 0.777. The first kappa shape index (κ1) is 11.4. The van der Waals surface area contributed by atoms with Crippen LogP contribution >= 0.6 is 11.6 Å². The van der Waals surface area contributed by atoms with Gasteiger partial charge in [0.2, 0.25) is 0 Å². The van der Waals surface area contributed by atoms with E-state index < -0.39 is 0 Å². The minimum absolute atomic E-state index is 0.400. The number of aromatic nitrogens is 1. The van der Waals surface area contributed by atoms with Crippen LogP contribution in [0, 0.1) is 11.3 Å². The minimum atomic E-state index is 0.400. The minimum Gasteiger partial charge on any atom is -0.456 e. The lowest BCUT2D eigenvalue weighted by Crippen LogP contribution is -1.88. The molecule has 1 aromatic carbocycles. The van der Waals surface area contributed by atoms with E-state index in [-0.39, 0.29) is 0 Å². The second kappa shape index (κ2) is 5.33. The molecular formula is C13H9ClN2O. The molecular weight excluding hydrogens is 236 g/mol. The Kier molecular flexibility index (Phi) is 3.59. The fourth-order valence-electron chi connectivity index (χ4n) is 1.33. The highest BCUT2D eigenvalue weighted by Gasteiger charge is 1.99. The van der Waals surface area contributed by atoms with Crippen LogP contribution in [0.5, 0.6) is 11.5 Å². The normalized spacial score (nSPS) is 9.65. The number of nitrogens with zero attached hydrogens (tertiary/aromatic N) is 2. The lowest BCUT2D eigenvalue weighted by molar-refractivity contribution is 0.479. The molecule has 0 amide bonds. The summed E-state index contributed by atoms with van der Waals surface area (Å²) in [6.07, 6.45) is 3.31. The monoisotopic (exact) mass is 244 g/mol. The highest BCUT2D eigenvalue weighted by molar-refractivity contribution is 6.17. The second-order valence-electron chi connectivity index (χ2n) is 3.40. The van der Waals surface area contributed by atoms with Crippen molar-refractivity contribution < 1.29 is 4.74 Å². The molecule has 0 aliphatic carbocycles. The van der Waals surface area contributed by atoms with Gasteiger partial charge in [-0.15, -0.1) is 11.6 Å². The molecule has 1 heterocycles. The van der Waals surface area contributed by atoms with Crippen LogP contribution in [0.15, 0.2) is 42.7 Å². The van der Waals surface area contributed by atoms with Gasteiger partial charge in [-0.05, 0) is 35.9 Å². The zero-order chi connectivity index (χ0) is 12.1. The molecule has 2 rings (SSSR count). The molecule has 3 nitrogen and oxygen atoms in total. The summed E-state index contributed by atoms with van der Waals surface area (Å²) < 4.78 is 5.59. The predicted octanol–water partition coefficient (Wildman–Crippen LogP) is 3.48. The van der Waals surface area contributed by atoms with Gasteiger partial charge in [-0.3, -0.25) is 4.98 Å². The molecule has 0 N–H and O–H groups in total. The fraction of sp³-hybridized carbons (Fsp3) is 0.0769. The maximum atomic E-state index is 8.67. The predicted molar refractivity (Wildman–Crippen MR) is 65.0 cm³/mol. The molecule has 0 bridgehead atoms. The van der Waals surface area contributed by atoms with Crippen molar-refractivity contribution in [2.24, 2.45) is 0 Å². The standard InChI is InChI=1S/C13H9ClN2O/c14-6-11-5-13(9-16-8-11)17-12-3-1-10(7-15)2-4-12/h1-5,8-9H,6H2. The van der Waals surface area contributed by atoms with Crippen molar-refractivity contribution in [2.45, 2.75) is 5.88 Å². The third-order valence-corrected chi connectivity index (χ3v) is 2.45. The molecule has 0 spiro atoms. The van der Waals surface area contributed by atoms with Crippen LogP contribution in [0.2, 0.25) is 0 Å². The van der Waals surface area contributed by atoms with Crippen LogP contribution in [-0.2, 0) is 5.88 Å². The SMILES string of the molecule is N#Cc1ccc(Oc2cncc(CCl)c2)cc1. The molecule has 4 heteroatoms. The summed E-state index contributed by atoms with van der Waals surface area (Å²) in [5.41, 5.74) is 1.50. The smallest absolute Gasteiger partial charge is 0.146 e. The summed E-state index contributed by atoms with van der Waals surface area (Å²) in [5.74, 6) is 1.70. The van der Waals surface area contributed by atoms with Crippen molar-refractivity contribution in [2.75, 3.05) is 0 Å². The topological polar surface area (TPSA) is 45.9 Å². The molecule has 0 aliphatic rings. The van der Waals surface area contributed by atoms with E-state index in [1.165, 1.54) is 0 Å². The number of benzene rings is 1. The van der Waals surface area contributed by atoms with Crippen LogP contribution in [0.1, 0.15) is 11.1 Å². The summed E-state index contributed by atoms with van der Waals surface area (Å²) in [7, 11) is 0. The van der Waals surface area contributed by atoms with Crippen LogP contribution in [0.4, 0.5) is 0 Å². The summed E-state index contributed by atoms with van der Waals surface area (Å²) in [6, 6.07) is 10.8. The van der Waals surface area contributed by atoms with Gasteiger partial charge in [0.1, 0.15) is 11.5 Å². The van der Waals surface area contributed by atoms with Gasteiger partial charge in [0.05, 0.1) is 17.8 Å². The van der Waals surface area contributed by atoms with Gasteiger partial charge in [0.15, 0.2) is 0 Å². The zero-order valence-electron chi connectivity index (χ0n) is 8.93. The van der Waals surface area contributed by atoms with Gasteiger partial charge in [-0.1, -0.05) is 0 Å². The molecule has 0 saturated carbocycles. The van der Waals surface area contributed by atoms with Gasteiger partial charge in [-0.2, -0.15) is 5.26 Å². The highest BCUT2D eigenvalue weighted by atomic mass is 35.5. The Morgan fingerprint density at radius 2 is 1.94 bits per heavy atom. The largest absolute Gasteiger partial charge is 0.456 e. The first-order chi connectivity index (χ1) is 8.31. The van der Waals surface area contributed by atoms with Crippen molar-refractivity contribution >= 4 is 11.6 Å². The summed E-state index contributed by atoms with van der Waals surface area (Å²) in [6.45, 7) is 0. The molecule has 0 fully saturated rings. The van der Waals surface area contributed by atoms with E-state index in [0.717, 1.165) is 5.56 Å². The van der Waals surface area contributed by atoms with Crippen molar-refractivity contribution in [1.29, 1.82) is 5.26 Å². The second-order valence-corrected chi connectivity index (χ2v) is 3.67. The number of hydrogen-bond donors (Lipinski definition) is 0. The zero-order valence-corrected chi connectivity index (χ0v) is 9.69. The van der Waals surface area contributed by atoms with E-state index in [1.54, 1.807) is 36.7 Å². The number of alkyl halides is 1. The Labute approximate surface area is 104 Å². The summed E-state index contributed by atoms with van der Waals surface area (Å²) in [5, 5.41) is 8.67. The average molecular weight is 245 g/mol. The van der Waals surface area contributed by atoms with Gasteiger partial charge >= 0.3 is 0 Å². The molecule has 0 atom stereocenters. The van der Waals surface area contributed by atoms with Gasteiger partial charge in [0.25, 0.3) is 0 Å². The lowest BCUT2D eigenvalue weighted by atomic mass is 10.2. The Hall–Kier alpha value is -2.05. The Morgan fingerprint density at radius 3 is 2.59 bits per heavy atom. The number of halogens is 1. The molecule has 0 aliphatic heterocycles. The van der Waals surface area contributed by atoms with Gasteiger partial charge in [0, 0.05) is 12.1 Å². The number of hydrogen-bond acceptors (Lipinski definition) is 3. The van der Waals surface area contributed by atoms with Crippen LogP contribution in [-0.4, -0.2) is 4.98 Å². The molecule has 17 heavy (non-hydrogen) atoms. The fourth-order valence-corrected chi connectivity index (χ4v) is 1.47. The maximum Gasteiger partial charge on any atom is 0.146 e. The van der Waals surface area contributed by atoms with E-state index in [1.807, 2.05) is 6.07 Å².